The van der Waals surface area contributed by atoms with Gasteiger partial charge in [0.2, 0.25) is 0 Å². The fourth-order valence-electron chi connectivity index (χ4n) is 4.23. The fourth-order valence-corrected chi connectivity index (χ4v) is 6.39. The van der Waals surface area contributed by atoms with Crippen LogP contribution in [0.25, 0.3) is 22.4 Å². The monoisotopic (exact) mass is 571 g/mol. The van der Waals surface area contributed by atoms with Crippen molar-refractivity contribution in [2.45, 2.75) is 24.7 Å². The van der Waals surface area contributed by atoms with E-state index in [0.717, 1.165) is 52.2 Å². The van der Waals surface area contributed by atoms with Crippen LogP contribution >= 0.6 is 11.3 Å². The molecule has 0 atom stereocenters. The zero-order valence-electron chi connectivity index (χ0n) is 21.6. The number of para-hydroxylation sites is 1. The lowest BCUT2D eigenvalue weighted by molar-refractivity contribution is 0.102. The van der Waals surface area contributed by atoms with Crippen LogP contribution in [0, 0.1) is 5.82 Å². The Labute approximate surface area is 236 Å². The van der Waals surface area contributed by atoms with Crippen LogP contribution in [0.3, 0.4) is 0 Å². The van der Waals surface area contributed by atoms with Crippen LogP contribution in [0.5, 0.6) is 0 Å². The fraction of sp³-hybridized carbons (Fsp3) is 0.0968. The minimum Gasteiger partial charge on any atom is -0.298 e. The van der Waals surface area contributed by atoms with E-state index in [4.69, 9.17) is 4.98 Å². The molecule has 1 amide bonds. The molecule has 5 aromatic rings. The van der Waals surface area contributed by atoms with Gasteiger partial charge in [0, 0.05) is 10.4 Å². The Morgan fingerprint density at radius 2 is 1.45 bits per heavy atom. The highest BCUT2D eigenvalue weighted by Gasteiger charge is 2.21. The Balaban J connectivity index is 1.39. The van der Waals surface area contributed by atoms with Crippen LogP contribution in [0.2, 0.25) is 0 Å². The Bertz CT molecular complexity index is 1740. The van der Waals surface area contributed by atoms with Crippen LogP contribution < -0.4 is 10.0 Å². The lowest BCUT2D eigenvalue weighted by atomic mass is 10.0. The van der Waals surface area contributed by atoms with Gasteiger partial charge in [0.25, 0.3) is 15.9 Å². The molecule has 0 aliphatic carbocycles. The zero-order valence-corrected chi connectivity index (χ0v) is 23.2. The molecule has 40 heavy (non-hydrogen) atoms. The average Bonchev–Trinajstić information content (AvgIpc) is 3.36. The smallest absolute Gasteiger partial charge is 0.261 e. The number of nitrogens with one attached hydrogen (secondary N) is 2. The Morgan fingerprint density at radius 1 is 0.825 bits per heavy atom. The van der Waals surface area contributed by atoms with Gasteiger partial charge >= 0.3 is 0 Å². The Morgan fingerprint density at radius 3 is 2.15 bits per heavy atom. The first-order valence-corrected chi connectivity index (χ1v) is 15.0. The van der Waals surface area contributed by atoms with Crippen molar-refractivity contribution >= 4 is 38.1 Å². The van der Waals surface area contributed by atoms with Crippen molar-refractivity contribution in [1.82, 2.24) is 4.98 Å². The number of hydrogen-bond donors (Lipinski definition) is 2. The number of nitrogens with zero attached hydrogens (tertiary/aromatic N) is 1. The molecule has 1 heterocycles. The highest BCUT2D eigenvalue weighted by atomic mass is 32.2. The molecule has 0 fully saturated rings. The van der Waals surface area contributed by atoms with Crippen molar-refractivity contribution in [3.8, 4) is 22.4 Å². The van der Waals surface area contributed by atoms with Crippen LogP contribution in [0.4, 0.5) is 15.2 Å². The van der Waals surface area contributed by atoms with Gasteiger partial charge < -0.3 is 0 Å². The van der Waals surface area contributed by atoms with E-state index in [0.29, 0.717) is 5.13 Å². The summed E-state index contributed by atoms with van der Waals surface area (Å²) in [4.78, 5) is 19.0. The van der Waals surface area contributed by atoms with E-state index in [2.05, 4.69) is 41.2 Å². The molecule has 9 heteroatoms. The molecule has 202 valence electrons. The van der Waals surface area contributed by atoms with Crippen molar-refractivity contribution in [3.63, 3.8) is 0 Å². The third-order valence-electron chi connectivity index (χ3n) is 6.20. The predicted octanol–water partition coefficient (Wildman–Crippen LogP) is 7.62. The molecule has 0 bridgehead atoms. The van der Waals surface area contributed by atoms with E-state index in [-0.39, 0.29) is 16.1 Å². The number of thiazole rings is 1. The number of benzene rings is 4. The molecule has 6 nitrogen and oxygen atoms in total. The third kappa shape index (κ3) is 6.11. The molecule has 0 aliphatic rings. The summed E-state index contributed by atoms with van der Waals surface area (Å²) in [5.74, 6) is -1.05. The second-order valence-corrected chi connectivity index (χ2v) is 11.8. The number of rotatable bonds is 9. The van der Waals surface area contributed by atoms with Crippen LogP contribution in [-0.4, -0.2) is 19.3 Å². The quantitative estimate of drug-likeness (QED) is 0.190. The number of carbonyl (C=O) groups is 1. The Kier molecular flexibility index (Phi) is 8.04. The minimum atomic E-state index is -4.04. The molecule has 1 aromatic heterocycles. The van der Waals surface area contributed by atoms with Gasteiger partial charge in [0.15, 0.2) is 5.13 Å². The number of amides is 1. The molecule has 0 saturated heterocycles. The standard InChI is InChI=1S/C31H26FN3O3S2/c1-2-8-28-29(23-15-13-22(14-16-23)21-9-4-3-5-10-21)33-31(39-28)34-30(36)26-11-6-7-12-27(26)35-40(37,38)25-19-17-24(32)18-20-25/h3-7,9-20,35H,2,8H2,1H3,(H,33,34,36). The van der Waals surface area contributed by atoms with Crippen LogP contribution in [-0.2, 0) is 16.4 Å². The number of aromatic nitrogens is 1. The maximum Gasteiger partial charge on any atom is 0.261 e. The molecular formula is C31H26FN3O3S2. The highest BCUT2D eigenvalue weighted by Crippen LogP contribution is 2.34. The number of aryl methyl sites for hydroxylation is 1. The van der Waals surface area contributed by atoms with E-state index >= 15 is 0 Å². The molecule has 0 unspecified atom stereocenters. The molecule has 2 N–H and O–H groups in total. The van der Waals surface area contributed by atoms with Gasteiger partial charge in [-0.2, -0.15) is 0 Å². The maximum atomic E-state index is 13.3. The van der Waals surface area contributed by atoms with Gasteiger partial charge in [0.1, 0.15) is 5.82 Å². The molecular weight excluding hydrogens is 545 g/mol. The van der Waals surface area contributed by atoms with Gasteiger partial charge in [-0.05, 0) is 53.9 Å². The lowest BCUT2D eigenvalue weighted by Gasteiger charge is -2.12. The van der Waals surface area contributed by atoms with E-state index in [1.807, 2.05) is 30.3 Å². The first-order chi connectivity index (χ1) is 19.3. The molecule has 4 aromatic carbocycles. The number of halogens is 1. The first kappa shape index (κ1) is 27.2. The van der Waals surface area contributed by atoms with Crippen molar-refractivity contribution in [3.05, 3.63) is 119 Å². The van der Waals surface area contributed by atoms with E-state index in [1.165, 1.54) is 35.6 Å². The third-order valence-corrected chi connectivity index (χ3v) is 8.61. The summed E-state index contributed by atoms with van der Waals surface area (Å²) >= 11 is 1.40. The van der Waals surface area contributed by atoms with E-state index in [1.54, 1.807) is 12.1 Å². The summed E-state index contributed by atoms with van der Waals surface area (Å²) < 4.78 is 41.4. The number of carbonyl (C=O) groups excluding carboxylic acids is 1. The van der Waals surface area contributed by atoms with Crippen LogP contribution in [0.15, 0.2) is 108 Å². The second-order valence-electron chi connectivity index (χ2n) is 9.04. The number of sulfonamides is 1. The van der Waals surface area contributed by atoms with Crippen molar-refractivity contribution < 1.29 is 17.6 Å². The van der Waals surface area contributed by atoms with Crippen molar-refractivity contribution in [2.75, 3.05) is 10.0 Å². The van der Waals surface area contributed by atoms with Gasteiger partial charge in [-0.15, -0.1) is 11.3 Å². The average molecular weight is 572 g/mol. The second kappa shape index (κ2) is 11.8. The molecule has 0 saturated carbocycles. The van der Waals surface area contributed by atoms with E-state index < -0.39 is 21.7 Å². The summed E-state index contributed by atoms with van der Waals surface area (Å²) in [7, 11) is -4.04. The molecule has 0 radical (unpaired) electrons. The van der Waals surface area contributed by atoms with Gasteiger partial charge in [0.05, 0.1) is 21.8 Å². The van der Waals surface area contributed by atoms with Gasteiger partial charge in [-0.3, -0.25) is 14.8 Å². The lowest BCUT2D eigenvalue weighted by Crippen LogP contribution is -2.18. The van der Waals surface area contributed by atoms with Crippen LogP contribution in [0.1, 0.15) is 28.6 Å². The summed E-state index contributed by atoms with van der Waals surface area (Å²) in [5.41, 5.74) is 4.23. The van der Waals surface area contributed by atoms with Crippen molar-refractivity contribution in [2.24, 2.45) is 0 Å². The Hall–Kier alpha value is -4.34. The summed E-state index contributed by atoms with van der Waals surface area (Å²) in [5, 5.41) is 3.26. The van der Waals surface area contributed by atoms with Gasteiger partial charge in [-0.1, -0.05) is 80.1 Å². The molecule has 5 rings (SSSR count). The largest absolute Gasteiger partial charge is 0.298 e. The highest BCUT2D eigenvalue weighted by molar-refractivity contribution is 7.92. The molecule has 0 aliphatic heterocycles. The summed E-state index contributed by atoms with van der Waals surface area (Å²) in [6, 6.07) is 29.1. The summed E-state index contributed by atoms with van der Waals surface area (Å²) in [6.45, 7) is 2.09. The predicted molar refractivity (Wildman–Crippen MR) is 159 cm³/mol. The first-order valence-electron chi connectivity index (χ1n) is 12.7. The maximum absolute atomic E-state index is 13.3. The van der Waals surface area contributed by atoms with Gasteiger partial charge in [-0.25, -0.2) is 17.8 Å². The summed E-state index contributed by atoms with van der Waals surface area (Å²) in [6.07, 6.45) is 1.72. The normalized spacial score (nSPS) is 11.2. The topological polar surface area (TPSA) is 88.2 Å². The number of hydrogen-bond acceptors (Lipinski definition) is 5. The zero-order chi connectivity index (χ0) is 28.1. The SMILES string of the molecule is CCCc1sc(NC(=O)c2ccccc2NS(=O)(=O)c2ccc(F)cc2)nc1-c1ccc(-c2ccccc2)cc1. The molecule has 0 spiro atoms. The minimum absolute atomic E-state index is 0.103. The van der Waals surface area contributed by atoms with Crippen molar-refractivity contribution in [1.29, 1.82) is 0 Å². The van der Waals surface area contributed by atoms with E-state index in [9.17, 15) is 17.6 Å². The number of anilines is 2.